The number of carbonyl (C=O) groups excluding carboxylic acids is 1. The Morgan fingerprint density at radius 3 is 2.25 bits per heavy atom. The van der Waals surface area contributed by atoms with Gasteiger partial charge in [0.25, 0.3) is 5.56 Å². The summed E-state index contributed by atoms with van der Waals surface area (Å²) >= 11 is 6.26. The first-order valence-corrected chi connectivity index (χ1v) is 10.6. The quantitative estimate of drug-likeness (QED) is 0.388. The highest BCUT2D eigenvalue weighted by Crippen LogP contribution is 2.33. The number of halogens is 1. The second-order valence-corrected chi connectivity index (χ2v) is 7.89. The van der Waals surface area contributed by atoms with E-state index in [-0.39, 0.29) is 29.9 Å². The van der Waals surface area contributed by atoms with Crippen LogP contribution in [0.3, 0.4) is 0 Å². The summed E-state index contributed by atoms with van der Waals surface area (Å²) in [5, 5.41) is 10.7. The van der Waals surface area contributed by atoms with Crippen molar-refractivity contribution in [1.82, 2.24) is 4.57 Å². The van der Waals surface area contributed by atoms with Crippen LogP contribution in [-0.4, -0.2) is 21.4 Å². The molecule has 0 bridgehead atoms. The van der Waals surface area contributed by atoms with Crippen molar-refractivity contribution in [2.75, 3.05) is 0 Å². The molecule has 1 aromatic heterocycles. The lowest BCUT2D eigenvalue weighted by Gasteiger charge is -2.19. The van der Waals surface area contributed by atoms with Crippen LogP contribution < -0.4 is 5.56 Å². The van der Waals surface area contributed by atoms with Gasteiger partial charge in [-0.1, -0.05) is 61.0 Å². The minimum absolute atomic E-state index is 0.137. The van der Waals surface area contributed by atoms with Crippen molar-refractivity contribution in [3.8, 4) is 11.1 Å². The molecule has 3 aromatic carbocycles. The van der Waals surface area contributed by atoms with E-state index in [1.54, 1.807) is 37.3 Å². The Balaban J connectivity index is 2.05. The topological polar surface area (TPSA) is 76.4 Å². The second-order valence-electron chi connectivity index (χ2n) is 7.45. The number of aromatic nitrogens is 1. The number of fused-ring (bicyclic) bond motifs is 1. The minimum Gasteiger partial charge on any atom is -0.478 e. The van der Waals surface area contributed by atoms with Gasteiger partial charge in [-0.05, 0) is 46.8 Å². The van der Waals surface area contributed by atoms with Gasteiger partial charge >= 0.3 is 5.97 Å². The van der Waals surface area contributed by atoms with Gasteiger partial charge in [0.1, 0.15) is 0 Å². The molecule has 0 atom stereocenters. The number of carboxylic acids is 1. The highest BCUT2D eigenvalue weighted by molar-refractivity contribution is 6.31. The third-order valence-electron chi connectivity index (χ3n) is 5.42. The average Bonchev–Trinajstić information content (AvgIpc) is 2.80. The maximum atomic E-state index is 13.5. The van der Waals surface area contributed by atoms with E-state index >= 15 is 0 Å². The minimum atomic E-state index is -1.02. The molecular weight excluding hydrogens is 426 g/mol. The van der Waals surface area contributed by atoms with E-state index in [1.807, 2.05) is 30.3 Å². The van der Waals surface area contributed by atoms with Gasteiger partial charge in [-0.3, -0.25) is 14.2 Å². The third-order valence-corrected chi connectivity index (χ3v) is 5.66. The fourth-order valence-corrected chi connectivity index (χ4v) is 4.03. The molecule has 0 spiro atoms. The standard InChI is InChI=1S/C26H20ClNO4/c1-2-22(29)24-23(17-6-4-3-5-7-17)21-14-19(27)12-13-20(21)25(30)28(24)15-16-8-10-18(11-9-16)26(31)32/h3-14H,2,15H2,1H3,(H,31,32). The van der Waals surface area contributed by atoms with Crippen LogP contribution in [-0.2, 0) is 6.54 Å². The number of carbonyl (C=O) groups is 2. The highest BCUT2D eigenvalue weighted by atomic mass is 35.5. The summed E-state index contributed by atoms with van der Waals surface area (Å²) < 4.78 is 1.49. The Morgan fingerprint density at radius 2 is 1.62 bits per heavy atom. The lowest BCUT2D eigenvalue weighted by atomic mass is 9.94. The SMILES string of the molecule is CCC(=O)c1c(-c2ccccc2)c2cc(Cl)ccc2c(=O)n1Cc1ccc(C(=O)O)cc1. The van der Waals surface area contributed by atoms with Gasteiger partial charge in [0.2, 0.25) is 0 Å². The molecule has 160 valence electrons. The molecule has 0 aliphatic heterocycles. The van der Waals surface area contributed by atoms with Crippen LogP contribution >= 0.6 is 11.6 Å². The summed E-state index contributed by atoms with van der Waals surface area (Å²) in [4.78, 5) is 37.9. The number of pyridine rings is 1. The number of rotatable bonds is 6. The van der Waals surface area contributed by atoms with Crippen LogP contribution in [0.2, 0.25) is 5.02 Å². The zero-order valence-corrected chi connectivity index (χ0v) is 18.1. The predicted octanol–water partition coefficient (Wildman–Crippen LogP) is 5.66. The molecule has 1 N–H and O–H groups in total. The molecular formula is C26H20ClNO4. The van der Waals surface area contributed by atoms with Crippen molar-refractivity contribution in [3.05, 3.63) is 105 Å². The molecule has 4 rings (SSSR count). The molecule has 0 amide bonds. The molecule has 0 aliphatic rings. The highest BCUT2D eigenvalue weighted by Gasteiger charge is 2.22. The third kappa shape index (κ3) is 3.95. The zero-order valence-electron chi connectivity index (χ0n) is 17.3. The molecule has 1 heterocycles. The van der Waals surface area contributed by atoms with Crippen LogP contribution in [0.1, 0.15) is 39.8 Å². The van der Waals surface area contributed by atoms with Gasteiger partial charge in [-0.15, -0.1) is 0 Å². The lowest BCUT2D eigenvalue weighted by Crippen LogP contribution is -2.28. The first-order valence-electron chi connectivity index (χ1n) is 10.2. The molecule has 0 radical (unpaired) electrons. The number of aromatic carboxylic acids is 1. The summed E-state index contributed by atoms with van der Waals surface area (Å²) in [7, 11) is 0. The fraction of sp³-hybridized carbons (Fsp3) is 0.115. The molecule has 5 nitrogen and oxygen atoms in total. The Hall–Kier alpha value is -3.70. The van der Waals surface area contributed by atoms with Crippen molar-refractivity contribution >= 4 is 34.1 Å². The van der Waals surface area contributed by atoms with Gasteiger partial charge in [-0.25, -0.2) is 4.79 Å². The first-order chi connectivity index (χ1) is 15.4. The van der Waals surface area contributed by atoms with E-state index in [2.05, 4.69) is 0 Å². The monoisotopic (exact) mass is 445 g/mol. The maximum Gasteiger partial charge on any atom is 0.335 e. The Bertz CT molecular complexity index is 1390. The van der Waals surface area contributed by atoms with Gasteiger partial charge < -0.3 is 5.11 Å². The van der Waals surface area contributed by atoms with Crippen LogP contribution in [0.4, 0.5) is 0 Å². The fourth-order valence-electron chi connectivity index (χ4n) is 3.86. The van der Waals surface area contributed by atoms with Crippen molar-refractivity contribution < 1.29 is 14.7 Å². The van der Waals surface area contributed by atoms with Gasteiger partial charge in [-0.2, -0.15) is 0 Å². The van der Waals surface area contributed by atoms with Gasteiger partial charge in [0, 0.05) is 22.4 Å². The number of ketones is 1. The van der Waals surface area contributed by atoms with Crippen LogP contribution in [0.15, 0.2) is 77.6 Å². The predicted molar refractivity (Wildman–Crippen MR) is 126 cm³/mol. The number of nitrogens with zero attached hydrogens (tertiary/aromatic N) is 1. The molecule has 0 unspecified atom stereocenters. The summed E-state index contributed by atoms with van der Waals surface area (Å²) in [5.41, 5.74) is 2.37. The number of hydrogen-bond acceptors (Lipinski definition) is 3. The molecule has 0 fully saturated rings. The largest absolute Gasteiger partial charge is 0.478 e. The Labute approximate surface area is 189 Å². The maximum absolute atomic E-state index is 13.5. The van der Waals surface area contributed by atoms with E-state index in [0.29, 0.717) is 27.1 Å². The zero-order chi connectivity index (χ0) is 22.8. The number of benzene rings is 3. The van der Waals surface area contributed by atoms with Crippen LogP contribution in [0.25, 0.3) is 21.9 Å². The summed E-state index contributed by atoms with van der Waals surface area (Å²) in [6.07, 6.45) is 0.225. The van der Waals surface area contributed by atoms with Crippen LogP contribution in [0, 0.1) is 0 Å². The second kappa shape index (κ2) is 8.81. The molecule has 6 heteroatoms. The van der Waals surface area contributed by atoms with E-state index < -0.39 is 5.97 Å². The van der Waals surface area contributed by atoms with Gasteiger partial charge in [0.15, 0.2) is 5.78 Å². The van der Waals surface area contributed by atoms with Crippen molar-refractivity contribution in [2.45, 2.75) is 19.9 Å². The summed E-state index contributed by atoms with van der Waals surface area (Å²) in [5.74, 6) is -1.19. The molecule has 32 heavy (non-hydrogen) atoms. The molecule has 4 aromatic rings. The van der Waals surface area contributed by atoms with E-state index in [1.165, 1.54) is 16.7 Å². The summed E-state index contributed by atoms with van der Waals surface area (Å²) in [6, 6.07) is 20.8. The van der Waals surface area contributed by atoms with Crippen molar-refractivity contribution in [3.63, 3.8) is 0 Å². The van der Waals surface area contributed by atoms with E-state index in [4.69, 9.17) is 16.7 Å². The van der Waals surface area contributed by atoms with E-state index in [9.17, 15) is 14.4 Å². The first kappa shape index (κ1) is 21.5. The Kier molecular flexibility index (Phi) is 5.93. The summed E-state index contributed by atoms with van der Waals surface area (Å²) in [6.45, 7) is 1.90. The van der Waals surface area contributed by atoms with Gasteiger partial charge in [0.05, 0.1) is 17.8 Å². The number of hydrogen-bond donors (Lipinski definition) is 1. The van der Waals surface area contributed by atoms with Crippen molar-refractivity contribution in [2.24, 2.45) is 0 Å². The van der Waals surface area contributed by atoms with Crippen LogP contribution in [0.5, 0.6) is 0 Å². The molecule has 0 saturated heterocycles. The number of carboxylic acid groups (broad SMARTS) is 1. The Morgan fingerprint density at radius 1 is 0.938 bits per heavy atom. The molecule has 0 aliphatic carbocycles. The number of Topliss-reactive ketones (excluding diaryl/α,β-unsaturated/α-hetero) is 1. The molecule has 0 saturated carbocycles. The normalized spacial score (nSPS) is 10.9. The van der Waals surface area contributed by atoms with Crippen molar-refractivity contribution in [1.29, 1.82) is 0 Å². The lowest BCUT2D eigenvalue weighted by molar-refractivity contribution is 0.0696. The van der Waals surface area contributed by atoms with E-state index in [0.717, 1.165) is 11.1 Å². The average molecular weight is 446 g/mol. The smallest absolute Gasteiger partial charge is 0.335 e.